The summed E-state index contributed by atoms with van der Waals surface area (Å²) in [5.74, 6) is 3.04. The molecule has 0 aliphatic heterocycles. The molecule has 1 heterocycles. The first-order chi connectivity index (χ1) is 16.8. The van der Waals surface area contributed by atoms with Crippen molar-refractivity contribution < 1.29 is 24.2 Å². The van der Waals surface area contributed by atoms with Crippen LogP contribution < -0.4 is 16.1 Å². The highest BCUT2D eigenvalue weighted by Gasteiger charge is 2.21. The van der Waals surface area contributed by atoms with Gasteiger partial charge in [0.05, 0.1) is 16.5 Å². The minimum Gasteiger partial charge on any atom is -0.478 e. The fourth-order valence-corrected chi connectivity index (χ4v) is 4.37. The van der Waals surface area contributed by atoms with Gasteiger partial charge in [-0.1, -0.05) is 12.1 Å². The zero-order valence-corrected chi connectivity index (χ0v) is 18.9. The van der Waals surface area contributed by atoms with Gasteiger partial charge >= 0.3 is 11.9 Å². The highest BCUT2D eigenvalue weighted by molar-refractivity contribution is 6.17. The van der Waals surface area contributed by atoms with E-state index in [1.165, 1.54) is 12.1 Å². The summed E-state index contributed by atoms with van der Waals surface area (Å²) in [7, 11) is 3.84. The van der Waals surface area contributed by atoms with Crippen LogP contribution in [0.1, 0.15) is 20.7 Å². The SMILES string of the molecule is CN(C)c1ccc2c(-c3ccc(C(=O)O)cc3C(=O)O)c3ccc4cc(=NN)ccc4c3oc2c1. The summed E-state index contributed by atoms with van der Waals surface area (Å²) in [6.45, 7) is 0. The molecule has 8 heteroatoms. The lowest BCUT2D eigenvalue weighted by molar-refractivity contribution is 0.0696. The number of benzene rings is 4. The molecule has 0 spiro atoms. The number of hydrogen-bond acceptors (Lipinski definition) is 6. The Hall–Kier alpha value is -4.85. The molecule has 0 aliphatic carbocycles. The third kappa shape index (κ3) is 3.61. The Morgan fingerprint density at radius 3 is 2.29 bits per heavy atom. The number of fused-ring (bicyclic) bond motifs is 4. The van der Waals surface area contributed by atoms with E-state index >= 15 is 0 Å². The van der Waals surface area contributed by atoms with E-state index in [0.717, 1.165) is 16.5 Å². The number of carboxylic acid groups (broad SMARTS) is 2. The normalized spacial score (nSPS) is 11.9. The number of carbonyl (C=O) groups is 2. The molecule has 0 amide bonds. The standard InChI is InChI=1S/C27H21N3O5/c1-30(2)17-6-10-20-23(13-17)35-25-18-9-5-16(29-28)11-14(18)3-8-21(25)24(20)19-7-4-15(26(31)32)12-22(19)27(33)34/h3-13H,28H2,1-2H3,(H,31,32)(H,33,34). The van der Waals surface area contributed by atoms with E-state index in [4.69, 9.17) is 10.3 Å². The molecule has 5 aromatic rings. The summed E-state index contributed by atoms with van der Waals surface area (Å²) in [4.78, 5) is 25.7. The van der Waals surface area contributed by atoms with Gasteiger partial charge in [0.25, 0.3) is 0 Å². The first kappa shape index (κ1) is 22.0. The average molecular weight is 467 g/mol. The van der Waals surface area contributed by atoms with Gasteiger partial charge < -0.3 is 25.4 Å². The molecular weight excluding hydrogens is 446 g/mol. The zero-order valence-electron chi connectivity index (χ0n) is 18.9. The summed E-state index contributed by atoms with van der Waals surface area (Å²) in [6.07, 6.45) is 0. The fraction of sp³-hybridized carbons (Fsp3) is 0.0741. The van der Waals surface area contributed by atoms with Gasteiger partial charge in [-0.25, -0.2) is 9.59 Å². The second-order valence-electron chi connectivity index (χ2n) is 8.40. The minimum absolute atomic E-state index is 0.0983. The molecule has 1 aromatic heterocycles. The number of aromatic carboxylic acids is 2. The van der Waals surface area contributed by atoms with Gasteiger partial charge in [-0.2, -0.15) is 5.10 Å². The van der Waals surface area contributed by atoms with E-state index in [1.54, 1.807) is 12.1 Å². The van der Waals surface area contributed by atoms with Crippen LogP contribution in [0, 0.1) is 0 Å². The second kappa shape index (κ2) is 8.18. The zero-order chi connectivity index (χ0) is 24.9. The largest absolute Gasteiger partial charge is 0.478 e. The van der Waals surface area contributed by atoms with Crippen LogP contribution in [0.2, 0.25) is 0 Å². The first-order valence-electron chi connectivity index (χ1n) is 10.7. The van der Waals surface area contributed by atoms with Gasteiger partial charge in [0.1, 0.15) is 11.2 Å². The lowest BCUT2D eigenvalue weighted by Gasteiger charge is -2.17. The van der Waals surface area contributed by atoms with Crippen molar-refractivity contribution in [1.29, 1.82) is 0 Å². The van der Waals surface area contributed by atoms with E-state index in [9.17, 15) is 19.8 Å². The van der Waals surface area contributed by atoms with Crippen LogP contribution in [0.15, 0.2) is 76.2 Å². The van der Waals surface area contributed by atoms with Crippen LogP contribution in [0.25, 0.3) is 43.8 Å². The molecule has 0 atom stereocenters. The summed E-state index contributed by atoms with van der Waals surface area (Å²) in [6, 6.07) is 19.1. The van der Waals surface area contributed by atoms with Gasteiger partial charge in [0, 0.05) is 47.6 Å². The summed E-state index contributed by atoms with van der Waals surface area (Å²) in [5, 5.41) is 26.8. The highest BCUT2D eigenvalue weighted by Crippen LogP contribution is 2.41. The van der Waals surface area contributed by atoms with Crippen LogP contribution in [0.3, 0.4) is 0 Å². The van der Waals surface area contributed by atoms with Crippen molar-refractivity contribution in [2.75, 3.05) is 19.0 Å². The Kier molecular flexibility index (Phi) is 5.13. The smallest absolute Gasteiger partial charge is 0.336 e. The van der Waals surface area contributed by atoms with Crippen LogP contribution in [0.4, 0.5) is 5.69 Å². The molecule has 0 saturated carbocycles. The van der Waals surface area contributed by atoms with Crippen molar-refractivity contribution in [1.82, 2.24) is 0 Å². The molecule has 0 saturated heterocycles. The molecule has 4 aromatic carbocycles. The minimum atomic E-state index is -1.22. The third-order valence-electron chi connectivity index (χ3n) is 6.10. The number of rotatable bonds is 4. The van der Waals surface area contributed by atoms with Crippen molar-refractivity contribution >= 4 is 50.3 Å². The van der Waals surface area contributed by atoms with Crippen molar-refractivity contribution in [2.24, 2.45) is 10.9 Å². The van der Waals surface area contributed by atoms with Crippen molar-refractivity contribution in [3.63, 3.8) is 0 Å². The highest BCUT2D eigenvalue weighted by atomic mass is 16.4. The van der Waals surface area contributed by atoms with Gasteiger partial charge in [-0.3, -0.25) is 0 Å². The number of nitrogens with two attached hydrogens (primary N) is 1. The van der Waals surface area contributed by atoms with Crippen LogP contribution in [-0.2, 0) is 0 Å². The maximum absolute atomic E-state index is 12.2. The second-order valence-corrected chi connectivity index (χ2v) is 8.40. The van der Waals surface area contributed by atoms with E-state index in [0.29, 0.717) is 38.4 Å². The molecule has 4 N–H and O–H groups in total. The van der Waals surface area contributed by atoms with Gasteiger partial charge in [-0.05, 0) is 59.5 Å². The Labute approximate surface area is 199 Å². The van der Waals surface area contributed by atoms with E-state index < -0.39 is 11.9 Å². The molecule has 0 fully saturated rings. The quantitative estimate of drug-likeness (QED) is 0.152. The summed E-state index contributed by atoms with van der Waals surface area (Å²) < 4.78 is 6.42. The van der Waals surface area contributed by atoms with Crippen LogP contribution in [0.5, 0.6) is 0 Å². The lowest BCUT2D eigenvalue weighted by atomic mass is 9.91. The fourth-order valence-electron chi connectivity index (χ4n) is 4.37. The summed E-state index contributed by atoms with van der Waals surface area (Å²) in [5.41, 5.74) is 2.90. The molecule has 174 valence electrons. The van der Waals surface area contributed by atoms with Crippen molar-refractivity contribution in [3.8, 4) is 11.1 Å². The predicted octanol–water partition coefficient (Wildman–Crippen LogP) is 4.64. The monoisotopic (exact) mass is 467 g/mol. The Morgan fingerprint density at radius 1 is 0.857 bits per heavy atom. The molecule has 0 radical (unpaired) electrons. The van der Waals surface area contributed by atoms with Crippen molar-refractivity contribution in [2.45, 2.75) is 0 Å². The average Bonchev–Trinajstić information content (AvgIpc) is 2.85. The number of hydrogen-bond donors (Lipinski definition) is 3. The first-order valence-corrected chi connectivity index (χ1v) is 10.7. The van der Waals surface area contributed by atoms with E-state index in [1.807, 2.05) is 61.5 Å². The van der Waals surface area contributed by atoms with E-state index in [-0.39, 0.29) is 11.1 Å². The molecule has 5 rings (SSSR count). The maximum atomic E-state index is 12.2. The lowest BCUT2D eigenvalue weighted by Crippen LogP contribution is -2.08. The number of carboxylic acids is 2. The molecule has 0 bridgehead atoms. The summed E-state index contributed by atoms with van der Waals surface area (Å²) >= 11 is 0. The predicted molar refractivity (Wildman–Crippen MR) is 135 cm³/mol. The Bertz CT molecular complexity index is 1750. The van der Waals surface area contributed by atoms with E-state index in [2.05, 4.69) is 5.10 Å². The molecular formula is C27H21N3O5. The number of anilines is 1. The third-order valence-corrected chi connectivity index (χ3v) is 6.10. The Balaban J connectivity index is 1.98. The molecule has 0 aliphatic rings. The number of nitrogens with zero attached hydrogens (tertiary/aromatic N) is 2. The van der Waals surface area contributed by atoms with Crippen LogP contribution >= 0.6 is 0 Å². The molecule has 8 nitrogen and oxygen atoms in total. The molecule has 0 unspecified atom stereocenters. The van der Waals surface area contributed by atoms with Gasteiger partial charge in [-0.15, -0.1) is 0 Å². The Morgan fingerprint density at radius 2 is 1.60 bits per heavy atom. The molecule has 35 heavy (non-hydrogen) atoms. The topological polar surface area (TPSA) is 129 Å². The van der Waals surface area contributed by atoms with Gasteiger partial charge in [0.15, 0.2) is 0 Å². The van der Waals surface area contributed by atoms with Crippen molar-refractivity contribution in [3.05, 3.63) is 83.2 Å². The maximum Gasteiger partial charge on any atom is 0.336 e. The van der Waals surface area contributed by atoms with Gasteiger partial charge in [0.2, 0.25) is 0 Å². The van der Waals surface area contributed by atoms with Crippen LogP contribution in [-0.4, -0.2) is 36.2 Å².